The van der Waals surface area contributed by atoms with Crippen molar-refractivity contribution in [2.45, 2.75) is 45.2 Å². The van der Waals surface area contributed by atoms with Crippen molar-refractivity contribution in [3.8, 4) is 0 Å². The van der Waals surface area contributed by atoms with Crippen LogP contribution in [0.1, 0.15) is 43.7 Å². The predicted octanol–water partition coefficient (Wildman–Crippen LogP) is 3.86. The van der Waals surface area contributed by atoms with Gasteiger partial charge in [0, 0.05) is 12.6 Å². The first-order chi connectivity index (χ1) is 8.74. The highest BCUT2D eigenvalue weighted by molar-refractivity contribution is 5.25. The molecule has 3 rings (SSSR count). The van der Waals surface area contributed by atoms with Gasteiger partial charge >= 0.3 is 0 Å². The van der Waals surface area contributed by atoms with Gasteiger partial charge in [-0.25, -0.2) is 0 Å². The average Bonchev–Trinajstić information content (AvgIpc) is 2.72. The average molecular weight is 241 g/mol. The molecule has 0 heterocycles. The quantitative estimate of drug-likeness (QED) is 0.789. The van der Waals surface area contributed by atoms with Crippen LogP contribution in [0.2, 0.25) is 0 Å². The van der Waals surface area contributed by atoms with E-state index in [2.05, 4.69) is 55.6 Å². The van der Waals surface area contributed by atoms with Crippen LogP contribution in [0.25, 0.3) is 0 Å². The number of fused-ring (bicyclic) bond motifs is 1. The van der Waals surface area contributed by atoms with E-state index in [1.165, 1.54) is 24.0 Å². The molecule has 0 bridgehead atoms. The number of nitrogens with one attached hydrogen (secondary N) is 1. The summed E-state index contributed by atoms with van der Waals surface area (Å²) in [6.45, 7) is 5.50. The molecule has 96 valence electrons. The fourth-order valence-corrected chi connectivity index (χ4v) is 3.22. The monoisotopic (exact) mass is 241 g/mol. The molecular weight excluding hydrogens is 218 g/mol. The van der Waals surface area contributed by atoms with Gasteiger partial charge in [-0.05, 0) is 41.7 Å². The first kappa shape index (κ1) is 12.0. The molecule has 1 heteroatoms. The van der Waals surface area contributed by atoms with Crippen LogP contribution in [0.4, 0.5) is 0 Å². The molecule has 18 heavy (non-hydrogen) atoms. The zero-order chi connectivity index (χ0) is 12.5. The second-order valence-corrected chi connectivity index (χ2v) is 6.12. The third kappa shape index (κ3) is 2.24. The number of rotatable bonds is 4. The van der Waals surface area contributed by atoms with Gasteiger partial charge in [-0.2, -0.15) is 0 Å². The molecule has 3 unspecified atom stereocenters. The standard InChI is InChI=1S/C17H23N/c1-12(2)14-8-6-13(7-9-14)11-18-17-10-15-4-3-5-16(15)17/h3,5-9,12,15-18H,4,10-11H2,1-2H3. The van der Waals surface area contributed by atoms with Gasteiger partial charge in [-0.15, -0.1) is 0 Å². The third-order valence-electron chi connectivity index (χ3n) is 4.58. The summed E-state index contributed by atoms with van der Waals surface area (Å²) in [5, 5.41) is 3.70. The Morgan fingerprint density at radius 2 is 2.00 bits per heavy atom. The first-order valence-electron chi connectivity index (χ1n) is 7.23. The first-order valence-corrected chi connectivity index (χ1v) is 7.23. The van der Waals surface area contributed by atoms with Crippen LogP contribution >= 0.6 is 0 Å². The van der Waals surface area contributed by atoms with E-state index in [-0.39, 0.29) is 0 Å². The zero-order valence-corrected chi connectivity index (χ0v) is 11.4. The molecule has 0 aromatic heterocycles. The Balaban J connectivity index is 1.52. The third-order valence-corrected chi connectivity index (χ3v) is 4.58. The van der Waals surface area contributed by atoms with Gasteiger partial charge in [0.2, 0.25) is 0 Å². The summed E-state index contributed by atoms with van der Waals surface area (Å²) in [5.74, 6) is 2.40. The van der Waals surface area contributed by atoms with Crippen LogP contribution in [0.5, 0.6) is 0 Å². The van der Waals surface area contributed by atoms with Crippen molar-refractivity contribution in [3.05, 3.63) is 47.5 Å². The highest BCUT2D eigenvalue weighted by Gasteiger charge is 2.40. The molecule has 1 aromatic rings. The Kier molecular flexibility index (Phi) is 3.25. The van der Waals surface area contributed by atoms with Crippen molar-refractivity contribution >= 4 is 0 Å². The molecule has 0 saturated heterocycles. The number of hydrogen-bond donors (Lipinski definition) is 1. The molecule has 1 aromatic carbocycles. The van der Waals surface area contributed by atoms with Gasteiger partial charge in [-0.1, -0.05) is 50.3 Å². The second-order valence-electron chi connectivity index (χ2n) is 6.12. The largest absolute Gasteiger partial charge is 0.309 e. The summed E-state index contributed by atoms with van der Waals surface area (Å²) < 4.78 is 0. The lowest BCUT2D eigenvalue weighted by atomic mass is 9.71. The van der Waals surface area contributed by atoms with Gasteiger partial charge in [0.15, 0.2) is 0 Å². The van der Waals surface area contributed by atoms with Crippen LogP contribution in [0.3, 0.4) is 0 Å². The molecule has 1 nitrogen and oxygen atoms in total. The van der Waals surface area contributed by atoms with Crippen molar-refractivity contribution in [2.24, 2.45) is 11.8 Å². The summed E-state index contributed by atoms with van der Waals surface area (Å²) in [6, 6.07) is 9.78. The van der Waals surface area contributed by atoms with Gasteiger partial charge in [0.05, 0.1) is 0 Å². The normalized spacial score (nSPS) is 29.4. The van der Waals surface area contributed by atoms with E-state index in [1.807, 2.05) is 0 Å². The van der Waals surface area contributed by atoms with E-state index >= 15 is 0 Å². The lowest BCUT2D eigenvalue weighted by Crippen LogP contribution is -2.47. The summed E-state index contributed by atoms with van der Waals surface area (Å²) in [5.41, 5.74) is 2.84. The van der Waals surface area contributed by atoms with E-state index in [1.54, 1.807) is 0 Å². The highest BCUT2D eigenvalue weighted by Crippen LogP contribution is 2.42. The van der Waals surface area contributed by atoms with Crippen molar-refractivity contribution in [1.29, 1.82) is 0 Å². The molecule has 1 saturated carbocycles. The molecular formula is C17H23N. The Morgan fingerprint density at radius 1 is 1.22 bits per heavy atom. The number of benzene rings is 1. The maximum absolute atomic E-state index is 3.70. The van der Waals surface area contributed by atoms with Gasteiger partial charge in [0.25, 0.3) is 0 Å². The highest BCUT2D eigenvalue weighted by atomic mass is 14.9. The number of hydrogen-bond acceptors (Lipinski definition) is 1. The molecule has 0 amide bonds. The Bertz CT molecular complexity index is 429. The van der Waals surface area contributed by atoms with Crippen LogP contribution in [-0.4, -0.2) is 6.04 Å². The van der Waals surface area contributed by atoms with E-state index in [0.29, 0.717) is 5.92 Å². The van der Waals surface area contributed by atoms with Crippen LogP contribution in [0, 0.1) is 11.8 Å². The van der Waals surface area contributed by atoms with E-state index < -0.39 is 0 Å². The maximum atomic E-state index is 3.70. The second kappa shape index (κ2) is 4.89. The molecule has 1 N–H and O–H groups in total. The van der Waals surface area contributed by atoms with Crippen molar-refractivity contribution in [2.75, 3.05) is 0 Å². The van der Waals surface area contributed by atoms with E-state index in [4.69, 9.17) is 0 Å². The smallest absolute Gasteiger partial charge is 0.0208 e. The summed E-state index contributed by atoms with van der Waals surface area (Å²) in [4.78, 5) is 0. The zero-order valence-electron chi connectivity index (χ0n) is 11.4. The summed E-state index contributed by atoms with van der Waals surface area (Å²) in [6.07, 6.45) is 7.44. The fourth-order valence-electron chi connectivity index (χ4n) is 3.22. The molecule has 2 aliphatic carbocycles. The van der Waals surface area contributed by atoms with E-state index in [9.17, 15) is 0 Å². The Morgan fingerprint density at radius 3 is 2.67 bits per heavy atom. The molecule has 0 aliphatic heterocycles. The maximum Gasteiger partial charge on any atom is 0.0208 e. The fraction of sp³-hybridized carbons (Fsp3) is 0.529. The predicted molar refractivity (Wildman–Crippen MR) is 76.5 cm³/mol. The molecule has 3 atom stereocenters. The number of allylic oxidation sites excluding steroid dienone is 1. The summed E-state index contributed by atoms with van der Waals surface area (Å²) in [7, 11) is 0. The van der Waals surface area contributed by atoms with Crippen molar-refractivity contribution in [3.63, 3.8) is 0 Å². The van der Waals surface area contributed by atoms with Gasteiger partial charge in [-0.3, -0.25) is 0 Å². The van der Waals surface area contributed by atoms with E-state index in [0.717, 1.165) is 24.4 Å². The molecule has 1 fully saturated rings. The summed E-state index contributed by atoms with van der Waals surface area (Å²) >= 11 is 0. The lowest BCUT2D eigenvalue weighted by Gasteiger charge is -2.40. The Hall–Kier alpha value is -1.08. The molecule has 0 radical (unpaired) electrons. The van der Waals surface area contributed by atoms with Gasteiger partial charge < -0.3 is 5.32 Å². The minimum atomic E-state index is 0.628. The minimum absolute atomic E-state index is 0.628. The molecule has 2 aliphatic rings. The lowest BCUT2D eigenvalue weighted by molar-refractivity contribution is 0.162. The van der Waals surface area contributed by atoms with Gasteiger partial charge in [0.1, 0.15) is 0 Å². The minimum Gasteiger partial charge on any atom is -0.309 e. The van der Waals surface area contributed by atoms with Crippen molar-refractivity contribution in [1.82, 2.24) is 5.32 Å². The van der Waals surface area contributed by atoms with Crippen LogP contribution in [0.15, 0.2) is 36.4 Å². The topological polar surface area (TPSA) is 12.0 Å². The molecule has 0 spiro atoms. The van der Waals surface area contributed by atoms with Crippen LogP contribution < -0.4 is 5.32 Å². The SMILES string of the molecule is CC(C)c1ccc(CNC2CC3CC=CC32)cc1. The van der Waals surface area contributed by atoms with Crippen molar-refractivity contribution < 1.29 is 0 Å². The Labute approximate surface area is 110 Å². The van der Waals surface area contributed by atoms with Crippen LogP contribution in [-0.2, 0) is 6.54 Å².